The summed E-state index contributed by atoms with van der Waals surface area (Å²) in [6.07, 6.45) is 0. The molecule has 0 heterocycles. The first-order chi connectivity index (χ1) is 12.9. The Morgan fingerprint density at radius 2 is 1.78 bits per heavy atom. The van der Waals surface area contributed by atoms with Crippen LogP contribution in [0.3, 0.4) is 0 Å². The standard InChI is InChI=1S/C20H22ClN3O3/c1-3-24(14(2)25)13-15-7-6-9-17(11-15)23-20(27)19(26)22-12-16-8-4-5-10-18(16)21/h4-11H,3,12-13H2,1-2H3,(H,22,26)(H,23,27). The molecule has 2 aromatic rings. The molecule has 3 amide bonds. The predicted molar refractivity (Wildman–Crippen MR) is 105 cm³/mol. The molecule has 0 aliphatic carbocycles. The number of benzene rings is 2. The molecule has 0 aromatic heterocycles. The predicted octanol–water partition coefficient (Wildman–Crippen LogP) is 2.96. The average Bonchev–Trinajstić information content (AvgIpc) is 2.65. The Bertz CT molecular complexity index is 839. The van der Waals surface area contributed by atoms with Crippen molar-refractivity contribution >= 4 is 35.0 Å². The van der Waals surface area contributed by atoms with E-state index in [2.05, 4.69) is 10.6 Å². The van der Waals surface area contributed by atoms with Gasteiger partial charge in [-0.3, -0.25) is 14.4 Å². The molecular weight excluding hydrogens is 366 g/mol. The van der Waals surface area contributed by atoms with Gasteiger partial charge in [0.1, 0.15) is 0 Å². The van der Waals surface area contributed by atoms with E-state index in [0.29, 0.717) is 23.8 Å². The van der Waals surface area contributed by atoms with Crippen LogP contribution in [0.1, 0.15) is 25.0 Å². The van der Waals surface area contributed by atoms with Crippen molar-refractivity contribution in [1.82, 2.24) is 10.2 Å². The molecule has 0 aliphatic heterocycles. The Hall–Kier alpha value is -2.86. The van der Waals surface area contributed by atoms with Crippen molar-refractivity contribution < 1.29 is 14.4 Å². The molecule has 2 rings (SSSR count). The van der Waals surface area contributed by atoms with Crippen LogP contribution in [0, 0.1) is 0 Å². The first-order valence-electron chi connectivity index (χ1n) is 8.57. The molecule has 27 heavy (non-hydrogen) atoms. The summed E-state index contributed by atoms with van der Waals surface area (Å²) >= 11 is 6.03. The largest absolute Gasteiger partial charge is 0.344 e. The maximum absolute atomic E-state index is 12.1. The zero-order chi connectivity index (χ0) is 19.8. The second-order valence-electron chi connectivity index (χ2n) is 5.96. The van der Waals surface area contributed by atoms with E-state index < -0.39 is 11.8 Å². The molecule has 0 spiro atoms. The van der Waals surface area contributed by atoms with E-state index in [-0.39, 0.29) is 12.5 Å². The normalized spacial score (nSPS) is 10.2. The van der Waals surface area contributed by atoms with Crippen LogP contribution in [-0.4, -0.2) is 29.2 Å². The van der Waals surface area contributed by atoms with Gasteiger partial charge in [0.25, 0.3) is 0 Å². The Morgan fingerprint density at radius 3 is 2.44 bits per heavy atom. The van der Waals surface area contributed by atoms with E-state index in [1.54, 1.807) is 47.4 Å². The summed E-state index contributed by atoms with van der Waals surface area (Å²) < 4.78 is 0. The average molecular weight is 388 g/mol. The van der Waals surface area contributed by atoms with Gasteiger partial charge in [0.15, 0.2) is 0 Å². The molecule has 0 fully saturated rings. The fraction of sp³-hybridized carbons (Fsp3) is 0.250. The highest BCUT2D eigenvalue weighted by atomic mass is 35.5. The van der Waals surface area contributed by atoms with Gasteiger partial charge >= 0.3 is 11.8 Å². The summed E-state index contributed by atoms with van der Waals surface area (Å²) in [5.74, 6) is -1.54. The number of nitrogens with one attached hydrogen (secondary N) is 2. The van der Waals surface area contributed by atoms with Gasteiger partial charge in [0.2, 0.25) is 5.91 Å². The molecule has 2 N–H and O–H groups in total. The number of nitrogens with zero attached hydrogens (tertiary/aromatic N) is 1. The van der Waals surface area contributed by atoms with Crippen molar-refractivity contribution in [2.75, 3.05) is 11.9 Å². The third kappa shape index (κ3) is 6.11. The summed E-state index contributed by atoms with van der Waals surface area (Å²) in [5, 5.41) is 5.63. The van der Waals surface area contributed by atoms with Crippen LogP contribution in [0.2, 0.25) is 5.02 Å². The molecule has 0 aliphatic rings. The molecule has 0 saturated carbocycles. The Kier molecular flexibility index (Phi) is 7.37. The second-order valence-corrected chi connectivity index (χ2v) is 6.37. The van der Waals surface area contributed by atoms with Gasteiger partial charge in [-0.1, -0.05) is 41.9 Å². The van der Waals surface area contributed by atoms with Crippen LogP contribution >= 0.6 is 11.6 Å². The summed E-state index contributed by atoms with van der Waals surface area (Å²) in [7, 11) is 0. The number of rotatable bonds is 6. The van der Waals surface area contributed by atoms with Gasteiger partial charge in [-0.2, -0.15) is 0 Å². The summed E-state index contributed by atoms with van der Waals surface area (Å²) in [4.78, 5) is 37.3. The first-order valence-corrected chi connectivity index (χ1v) is 8.95. The van der Waals surface area contributed by atoms with Crippen molar-refractivity contribution in [3.05, 3.63) is 64.7 Å². The highest BCUT2D eigenvalue weighted by Gasteiger charge is 2.14. The zero-order valence-electron chi connectivity index (χ0n) is 15.3. The fourth-order valence-electron chi connectivity index (χ4n) is 2.50. The van der Waals surface area contributed by atoms with Crippen LogP contribution in [0.25, 0.3) is 0 Å². The van der Waals surface area contributed by atoms with Crippen LogP contribution in [0.5, 0.6) is 0 Å². The van der Waals surface area contributed by atoms with Crippen LogP contribution in [0.15, 0.2) is 48.5 Å². The lowest BCUT2D eigenvalue weighted by atomic mass is 10.2. The van der Waals surface area contributed by atoms with E-state index in [1.807, 2.05) is 13.0 Å². The van der Waals surface area contributed by atoms with E-state index in [9.17, 15) is 14.4 Å². The number of halogens is 1. The molecule has 0 unspecified atom stereocenters. The number of hydrogen-bond acceptors (Lipinski definition) is 3. The number of hydrogen-bond donors (Lipinski definition) is 2. The maximum atomic E-state index is 12.1. The molecular formula is C20H22ClN3O3. The molecule has 142 valence electrons. The highest BCUT2D eigenvalue weighted by Crippen LogP contribution is 2.15. The number of carbonyl (C=O) groups excluding carboxylic acids is 3. The highest BCUT2D eigenvalue weighted by molar-refractivity contribution is 6.39. The maximum Gasteiger partial charge on any atom is 0.313 e. The van der Waals surface area contributed by atoms with Gasteiger partial charge in [-0.15, -0.1) is 0 Å². The minimum absolute atomic E-state index is 0.0223. The zero-order valence-corrected chi connectivity index (χ0v) is 16.0. The Balaban J connectivity index is 1.94. The lowest BCUT2D eigenvalue weighted by Gasteiger charge is -2.19. The fourth-order valence-corrected chi connectivity index (χ4v) is 2.70. The van der Waals surface area contributed by atoms with E-state index in [0.717, 1.165) is 11.1 Å². The monoisotopic (exact) mass is 387 g/mol. The van der Waals surface area contributed by atoms with Crippen LogP contribution in [-0.2, 0) is 27.5 Å². The third-order valence-electron chi connectivity index (χ3n) is 3.99. The summed E-state index contributed by atoms with van der Waals surface area (Å²) in [5.41, 5.74) is 2.08. The van der Waals surface area contributed by atoms with E-state index in [1.165, 1.54) is 6.92 Å². The van der Waals surface area contributed by atoms with E-state index >= 15 is 0 Å². The van der Waals surface area contributed by atoms with Gasteiger partial charge in [-0.25, -0.2) is 0 Å². The smallest absolute Gasteiger partial charge is 0.313 e. The van der Waals surface area contributed by atoms with Crippen LogP contribution < -0.4 is 10.6 Å². The minimum atomic E-state index is -0.766. The van der Waals surface area contributed by atoms with Gasteiger partial charge in [0.05, 0.1) is 0 Å². The van der Waals surface area contributed by atoms with Crippen LogP contribution in [0.4, 0.5) is 5.69 Å². The van der Waals surface area contributed by atoms with Crippen molar-refractivity contribution in [2.45, 2.75) is 26.9 Å². The lowest BCUT2D eigenvalue weighted by Crippen LogP contribution is -2.35. The molecule has 0 bridgehead atoms. The number of anilines is 1. The number of carbonyl (C=O) groups is 3. The minimum Gasteiger partial charge on any atom is -0.344 e. The van der Waals surface area contributed by atoms with Crippen molar-refractivity contribution in [2.24, 2.45) is 0 Å². The first kappa shape index (κ1) is 20.5. The Morgan fingerprint density at radius 1 is 1.04 bits per heavy atom. The van der Waals surface area contributed by atoms with Crippen molar-refractivity contribution in [1.29, 1.82) is 0 Å². The molecule has 0 radical (unpaired) electrons. The van der Waals surface area contributed by atoms with Crippen molar-refractivity contribution in [3.8, 4) is 0 Å². The van der Waals surface area contributed by atoms with Crippen molar-refractivity contribution in [3.63, 3.8) is 0 Å². The van der Waals surface area contributed by atoms with Gasteiger partial charge < -0.3 is 15.5 Å². The lowest BCUT2D eigenvalue weighted by molar-refractivity contribution is -0.136. The quantitative estimate of drug-likeness (QED) is 0.748. The Labute approximate surface area is 163 Å². The molecule has 2 aromatic carbocycles. The van der Waals surface area contributed by atoms with Gasteiger partial charge in [0, 0.05) is 37.3 Å². The molecule has 6 nitrogen and oxygen atoms in total. The molecule has 7 heteroatoms. The van der Waals surface area contributed by atoms with E-state index in [4.69, 9.17) is 11.6 Å². The summed E-state index contributed by atoms with van der Waals surface area (Å²) in [6.45, 7) is 4.61. The number of amides is 3. The SMILES string of the molecule is CCN(Cc1cccc(NC(=O)C(=O)NCc2ccccc2Cl)c1)C(C)=O. The topological polar surface area (TPSA) is 78.5 Å². The van der Waals surface area contributed by atoms with Gasteiger partial charge in [-0.05, 0) is 36.2 Å². The second kappa shape index (κ2) is 9.73. The summed E-state index contributed by atoms with van der Waals surface area (Å²) in [6, 6.07) is 14.1. The third-order valence-corrected chi connectivity index (χ3v) is 4.36. The molecule has 0 atom stereocenters. The molecule has 0 saturated heterocycles.